The lowest BCUT2D eigenvalue weighted by molar-refractivity contribution is -0.254. The lowest BCUT2D eigenvalue weighted by Crippen LogP contribution is -2.23. The molecule has 126 valence electrons. The summed E-state index contributed by atoms with van der Waals surface area (Å²) >= 11 is 0. The van der Waals surface area contributed by atoms with Crippen LogP contribution in [-0.4, -0.2) is 33.0 Å². The summed E-state index contributed by atoms with van der Waals surface area (Å²) in [7, 11) is -0.740. The van der Waals surface area contributed by atoms with Crippen LogP contribution in [0.25, 0.3) is 0 Å². The predicted octanol–water partition coefficient (Wildman–Crippen LogP) is 1.78. The summed E-state index contributed by atoms with van der Waals surface area (Å²) < 4.78 is 30.8. The normalized spacial score (nSPS) is 11.6. The number of rotatable bonds is 5. The van der Waals surface area contributed by atoms with Crippen molar-refractivity contribution in [3.63, 3.8) is 0 Å². The Morgan fingerprint density at radius 3 is 2.21 bits per heavy atom. The van der Waals surface area contributed by atoms with Crippen LogP contribution in [0, 0.1) is 0 Å². The van der Waals surface area contributed by atoms with Crippen LogP contribution in [0.15, 0.2) is 57.6 Å². The number of carboxylic acids is 1. The van der Waals surface area contributed by atoms with Gasteiger partial charge >= 0.3 is 0 Å². The van der Waals surface area contributed by atoms with Crippen LogP contribution in [0.1, 0.15) is 10.4 Å². The molecule has 8 nitrogen and oxygen atoms in total. The van der Waals surface area contributed by atoms with Gasteiger partial charge in [-0.25, -0.2) is 0 Å². The van der Waals surface area contributed by atoms with Crippen molar-refractivity contribution in [3.8, 4) is 0 Å². The highest BCUT2D eigenvalue weighted by atomic mass is 32.2. The number of benzene rings is 2. The van der Waals surface area contributed by atoms with E-state index in [1.54, 1.807) is 25.1 Å². The van der Waals surface area contributed by atoms with Crippen LogP contribution in [0.2, 0.25) is 0 Å². The first-order valence-electron chi connectivity index (χ1n) is 6.70. The number of carbonyl (C=O) groups is 1. The quantitative estimate of drug-likeness (QED) is 0.649. The molecule has 2 aromatic carbocycles. The van der Waals surface area contributed by atoms with Gasteiger partial charge in [0.15, 0.2) is 0 Å². The molecule has 0 aromatic heterocycles. The summed E-state index contributed by atoms with van der Waals surface area (Å²) in [5.74, 6) is -1.38. The fourth-order valence-corrected chi connectivity index (χ4v) is 2.33. The van der Waals surface area contributed by atoms with E-state index in [2.05, 4.69) is 10.2 Å². The van der Waals surface area contributed by atoms with Gasteiger partial charge in [0.05, 0.1) is 22.2 Å². The molecule has 0 heterocycles. The Morgan fingerprint density at radius 2 is 1.71 bits per heavy atom. The number of aromatic carboxylic acids is 1. The van der Waals surface area contributed by atoms with E-state index < -0.39 is 16.1 Å². The third kappa shape index (κ3) is 4.15. The van der Waals surface area contributed by atoms with Crippen LogP contribution in [0.4, 0.5) is 17.1 Å². The monoisotopic (exact) mass is 348 g/mol. The Balaban J connectivity index is 2.33. The van der Waals surface area contributed by atoms with Crippen LogP contribution < -0.4 is 10.0 Å². The Kier molecular flexibility index (Phi) is 4.96. The standard InChI is InChI=1S/C15H15N3O5S/c1-18(2)11-5-8-14(13(9-11)15(19)20)17-16-10-3-6-12(7-4-10)24(21,22)23/h3-9H,1-2H3,(H,19,20)(H,21,22,23)/p-1. The van der Waals surface area contributed by atoms with Crippen molar-refractivity contribution in [2.45, 2.75) is 4.90 Å². The van der Waals surface area contributed by atoms with E-state index in [0.717, 1.165) is 0 Å². The highest BCUT2D eigenvalue weighted by molar-refractivity contribution is 7.85. The summed E-state index contributed by atoms with van der Waals surface area (Å²) in [6.07, 6.45) is 0. The van der Waals surface area contributed by atoms with E-state index in [4.69, 9.17) is 4.55 Å². The van der Waals surface area contributed by atoms with Crippen molar-refractivity contribution in [1.82, 2.24) is 0 Å². The Bertz CT molecular complexity index is 890. The van der Waals surface area contributed by atoms with Crippen LogP contribution in [0.5, 0.6) is 0 Å². The molecule has 0 saturated heterocycles. The van der Waals surface area contributed by atoms with Gasteiger partial charge in [0.2, 0.25) is 0 Å². The summed E-state index contributed by atoms with van der Waals surface area (Å²) in [6, 6.07) is 9.60. The number of carboxylic acid groups (broad SMARTS) is 1. The molecule has 0 unspecified atom stereocenters. The highest BCUT2D eigenvalue weighted by Crippen LogP contribution is 2.26. The molecule has 0 aliphatic heterocycles. The van der Waals surface area contributed by atoms with Gasteiger partial charge in [-0.15, -0.1) is 5.11 Å². The molecule has 9 heteroatoms. The highest BCUT2D eigenvalue weighted by Gasteiger charge is 2.09. The van der Waals surface area contributed by atoms with E-state index in [0.29, 0.717) is 11.4 Å². The van der Waals surface area contributed by atoms with Gasteiger partial charge in [-0.05, 0) is 42.5 Å². The zero-order chi connectivity index (χ0) is 17.9. The second-order valence-corrected chi connectivity index (χ2v) is 6.47. The molecule has 0 fully saturated rings. The van der Waals surface area contributed by atoms with Crippen LogP contribution in [-0.2, 0) is 10.1 Å². The van der Waals surface area contributed by atoms with E-state index in [1.807, 2.05) is 0 Å². The number of anilines is 1. The predicted molar refractivity (Wildman–Crippen MR) is 85.5 cm³/mol. The fourth-order valence-electron chi connectivity index (χ4n) is 1.85. The second kappa shape index (κ2) is 6.77. The maximum absolute atomic E-state index is 11.2. The topological polar surface area (TPSA) is 122 Å². The number of hydrogen-bond donors (Lipinski definition) is 1. The molecule has 0 radical (unpaired) electrons. The molecule has 0 aliphatic carbocycles. The summed E-state index contributed by atoms with van der Waals surface area (Å²) in [4.78, 5) is 12.7. The van der Waals surface area contributed by atoms with E-state index in [9.17, 15) is 18.3 Å². The zero-order valence-corrected chi connectivity index (χ0v) is 13.7. The molecular formula is C15H14N3O5S-. The number of hydrogen-bond acceptors (Lipinski definition) is 7. The molecular weight excluding hydrogens is 334 g/mol. The Labute approximate surface area is 138 Å². The number of carbonyl (C=O) groups excluding carboxylic acids is 1. The Hall–Kier alpha value is -2.78. The minimum absolute atomic E-state index is 0.111. The first kappa shape index (κ1) is 17.6. The largest absolute Gasteiger partial charge is 0.545 e. The molecule has 2 aromatic rings. The minimum atomic E-state index is -4.28. The molecule has 24 heavy (non-hydrogen) atoms. The third-order valence-electron chi connectivity index (χ3n) is 3.12. The van der Waals surface area contributed by atoms with Crippen LogP contribution in [0.3, 0.4) is 0 Å². The third-order valence-corrected chi connectivity index (χ3v) is 3.99. The summed E-state index contributed by atoms with van der Waals surface area (Å²) in [5, 5.41) is 19.0. The fraction of sp³-hybridized carbons (Fsp3) is 0.133. The summed E-state index contributed by atoms with van der Waals surface area (Å²) in [6.45, 7) is 0. The van der Waals surface area contributed by atoms with Gasteiger partial charge in [0.25, 0.3) is 10.1 Å². The lowest BCUT2D eigenvalue weighted by Gasteiger charge is -2.15. The van der Waals surface area contributed by atoms with E-state index in [-0.39, 0.29) is 16.1 Å². The van der Waals surface area contributed by atoms with Gasteiger partial charge in [0, 0.05) is 25.3 Å². The van der Waals surface area contributed by atoms with Crippen molar-refractivity contribution in [1.29, 1.82) is 0 Å². The van der Waals surface area contributed by atoms with Crippen LogP contribution >= 0.6 is 0 Å². The molecule has 0 bridgehead atoms. The van der Waals surface area contributed by atoms with Gasteiger partial charge < -0.3 is 14.8 Å². The maximum atomic E-state index is 11.2. The van der Waals surface area contributed by atoms with E-state index >= 15 is 0 Å². The molecule has 0 atom stereocenters. The average Bonchev–Trinajstić information content (AvgIpc) is 2.52. The minimum Gasteiger partial charge on any atom is -0.545 e. The van der Waals surface area contributed by atoms with Gasteiger partial charge in [-0.1, -0.05) is 0 Å². The van der Waals surface area contributed by atoms with Crippen molar-refractivity contribution in [3.05, 3.63) is 48.0 Å². The van der Waals surface area contributed by atoms with Crippen molar-refractivity contribution >= 4 is 33.1 Å². The smallest absolute Gasteiger partial charge is 0.294 e. The summed E-state index contributed by atoms with van der Waals surface area (Å²) in [5.41, 5.74) is 0.966. The van der Waals surface area contributed by atoms with Crippen molar-refractivity contribution < 1.29 is 22.9 Å². The first-order valence-corrected chi connectivity index (χ1v) is 8.14. The van der Waals surface area contributed by atoms with Crippen molar-refractivity contribution in [2.75, 3.05) is 19.0 Å². The molecule has 0 aliphatic rings. The van der Waals surface area contributed by atoms with E-state index in [1.165, 1.54) is 36.4 Å². The second-order valence-electron chi connectivity index (χ2n) is 5.05. The average molecular weight is 348 g/mol. The first-order chi connectivity index (χ1) is 11.2. The molecule has 0 saturated carbocycles. The number of azo groups is 1. The maximum Gasteiger partial charge on any atom is 0.294 e. The van der Waals surface area contributed by atoms with Crippen molar-refractivity contribution in [2.24, 2.45) is 10.2 Å². The molecule has 0 spiro atoms. The zero-order valence-electron chi connectivity index (χ0n) is 12.9. The lowest BCUT2D eigenvalue weighted by atomic mass is 10.1. The molecule has 1 N–H and O–H groups in total. The van der Waals surface area contributed by atoms with Gasteiger partial charge in [-0.2, -0.15) is 13.5 Å². The SMILES string of the molecule is CN(C)c1ccc(N=Nc2ccc(S(=O)(=O)O)cc2)c(C(=O)[O-])c1. The Morgan fingerprint density at radius 1 is 1.08 bits per heavy atom. The van der Waals surface area contributed by atoms with Gasteiger partial charge in [0.1, 0.15) is 0 Å². The van der Waals surface area contributed by atoms with Gasteiger partial charge in [-0.3, -0.25) is 4.55 Å². The molecule has 0 amide bonds. The molecule has 2 rings (SSSR count). The number of nitrogens with zero attached hydrogens (tertiary/aromatic N) is 3.